The number of rotatable bonds is 6. The second kappa shape index (κ2) is 8.82. The maximum atomic E-state index is 13.5. The van der Waals surface area contributed by atoms with Gasteiger partial charge >= 0.3 is 5.97 Å². The molecule has 33 heavy (non-hydrogen) atoms. The molecule has 4 rings (SSSR count). The minimum Gasteiger partial charge on any atom is -0.478 e. The number of hydrogen-bond donors (Lipinski definition) is 3. The fourth-order valence-corrected chi connectivity index (χ4v) is 4.24. The molecule has 4 aromatic rings. The molecule has 0 aliphatic carbocycles. The summed E-state index contributed by atoms with van der Waals surface area (Å²) in [6.45, 7) is 5.98. The van der Waals surface area contributed by atoms with E-state index in [1.165, 1.54) is 0 Å². The maximum absolute atomic E-state index is 13.5. The molecule has 1 aromatic heterocycles. The Hall–Kier alpha value is -4.06. The molecule has 168 valence electrons. The fraction of sp³-hybridized carbons (Fsp3) is 0.185. The molecule has 0 bridgehead atoms. The van der Waals surface area contributed by atoms with E-state index in [4.69, 9.17) is 5.11 Å². The second-order valence-corrected chi connectivity index (χ2v) is 8.42. The van der Waals surface area contributed by atoms with Crippen LogP contribution in [0.1, 0.15) is 50.5 Å². The summed E-state index contributed by atoms with van der Waals surface area (Å²) in [6, 6.07) is 20.4. The van der Waals surface area contributed by atoms with E-state index < -0.39 is 5.97 Å². The van der Waals surface area contributed by atoms with Crippen molar-refractivity contribution < 1.29 is 14.7 Å². The van der Waals surface area contributed by atoms with Crippen LogP contribution in [0.5, 0.6) is 0 Å². The number of anilines is 2. The number of nitrogens with zero attached hydrogens (tertiary/aromatic N) is 1. The highest BCUT2D eigenvalue weighted by Crippen LogP contribution is 2.33. The van der Waals surface area contributed by atoms with Crippen LogP contribution in [0, 0.1) is 13.8 Å². The average Bonchev–Trinajstić information content (AvgIpc) is 3.05. The zero-order valence-electron chi connectivity index (χ0n) is 19.1. The maximum Gasteiger partial charge on any atom is 0.335 e. The quantitative estimate of drug-likeness (QED) is 0.357. The van der Waals surface area contributed by atoms with Gasteiger partial charge in [0.25, 0.3) is 5.91 Å². The first-order valence-electron chi connectivity index (χ1n) is 10.8. The van der Waals surface area contributed by atoms with Gasteiger partial charge in [-0.15, -0.1) is 0 Å². The summed E-state index contributed by atoms with van der Waals surface area (Å²) < 4.78 is 1.90. The van der Waals surface area contributed by atoms with E-state index >= 15 is 0 Å². The van der Waals surface area contributed by atoms with Crippen LogP contribution in [-0.2, 0) is 7.05 Å². The van der Waals surface area contributed by atoms with Gasteiger partial charge in [0.2, 0.25) is 0 Å². The van der Waals surface area contributed by atoms with Crippen molar-refractivity contribution in [2.24, 2.45) is 7.05 Å². The molecule has 3 N–H and O–H groups in total. The number of aromatic carboxylic acids is 1. The Bertz CT molecular complexity index is 1330. The van der Waals surface area contributed by atoms with Crippen LogP contribution in [0.4, 0.5) is 11.4 Å². The van der Waals surface area contributed by atoms with E-state index in [0.717, 1.165) is 39.0 Å². The highest BCUT2D eigenvalue weighted by Gasteiger charge is 2.23. The van der Waals surface area contributed by atoms with Crippen LogP contribution in [0.25, 0.3) is 10.9 Å². The molecule has 1 amide bonds. The summed E-state index contributed by atoms with van der Waals surface area (Å²) in [4.78, 5) is 24.6. The van der Waals surface area contributed by atoms with Crippen molar-refractivity contribution in [1.82, 2.24) is 9.88 Å². The van der Waals surface area contributed by atoms with Gasteiger partial charge in [0, 0.05) is 18.1 Å². The average molecular weight is 442 g/mol. The van der Waals surface area contributed by atoms with E-state index in [1.54, 1.807) is 24.3 Å². The number of para-hydroxylation sites is 1. The summed E-state index contributed by atoms with van der Waals surface area (Å²) in [6.07, 6.45) is 0. The Morgan fingerprint density at radius 2 is 1.58 bits per heavy atom. The fourth-order valence-electron chi connectivity index (χ4n) is 4.24. The van der Waals surface area contributed by atoms with Gasteiger partial charge in [0.15, 0.2) is 0 Å². The van der Waals surface area contributed by atoms with E-state index in [0.29, 0.717) is 5.69 Å². The third-order valence-electron chi connectivity index (χ3n) is 5.82. The molecule has 6 nitrogen and oxygen atoms in total. The van der Waals surface area contributed by atoms with Crippen molar-refractivity contribution in [3.8, 4) is 0 Å². The number of carboxylic acids is 1. The zero-order valence-corrected chi connectivity index (χ0v) is 19.1. The number of carboxylic acid groups (broad SMARTS) is 1. The number of hydrogen-bond acceptors (Lipinski definition) is 3. The molecule has 1 atom stereocenters. The zero-order chi connectivity index (χ0) is 23.7. The molecule has 0 saturated carbocycles. The molecule has 0 radical (unpaired) electrons. The predicted octanol–water partition coefficient (Wildman–Crippen LogP) is 5.73. The molecule has 0 aliphatic heterocycles. The van der Waals surface area contributed by atoms with Gasteiger partial charge < -0.3 is 20.3 Å². The Morgan fingerprint density at radius 3 is 2.21 bits per heavy atom. The van der Waals surface area contributed by atoms with Gasteiger partial charge in [0.1, 0.15) is 5.69 Å². The van der Waals surface area contributed by atoms with Crippen molar-refractivity contribution in [3.63, 3.8) is 0 Å². The van der Waals surface area contributed by atoms with Crippen LogP contribution in [0.3, 0.4) is 0 Å². The SMILES string of the molecule is Cc1cc(C)cc(Nc2c(C(=O)NC(C)c3ccc(C(=O)O)cc3)n(C)c3ccccc23)c1. The van der Waals surface area contributed by atoms with Crippen LogP contribution in [0.15, 0.2) is 66.7 Å². The molecule has 0 fully saturated rings. The molecule has 3 aromatic carbocycles. The lowest BCUT2D eigenvalue weighted by Crippen LogP contribution is -2.29. The van der Waals surface area contributed by atoms with Crippen molar-refractivity contribution in [1.29, 1.82) is 0 Å². The largest absolute Gasteiger partial charge is 0.478 e. The number of benzene rings is 3. The Kier molecular flexibility index (Phi) is 5.92. The van der Waals surface area contributed by atoms with Crippen LogP contribution in [0.2, 0.25) is 0 Å². The van der Waals surface area contributed by atoms with E-state index in [-0.39, 0.29) is 17.5 Å². The predicted molar refractivity (Wildman–Crippen MR) is 131 cm³/mol. The van der Waals surface area contributed by atoms with Crippen LogP contribution >= 0.6 is 0 Å². The molecular formula is C27H27N3O3. The van der Waals surface area contributed by atoms with E-state index in [9.17, 15) is 9.59 Å². The Morgan fingerprint density at radius 1 is 0.939 bits per heavy atom. The standard InChI is InChI=1S/C27H27N3O3/c1-16-13-17(2)15-21(14-16)29-24-22-7-5-6-8-23(22)30(4)25(24)26(31)28-18(3)19-9-11-20(12-10-19)27(32)33/h5-15,18,29H,1-4H3,(H,28,31)(H,32,33). The molecule has 0 aliphatic rings. The van der Waals surface area contributed by atoms with Gasteiger partial charge in [-0.2, -0.15) is 0 Å². The number of aromatic nitrogens is 1. The monoisotopic (exact) mass is 441 g/mol. The highest BCUT2D eigenvalue weighted by molar-refractivity contribution is 6.09. The van der Waals surface area contributed by atoms with Gasteiger partial charge in [-0.25, -0.2) is 4.79 Å². The molecular weight excluding hydrogens is 414 g/mol. The smallest absolute Gasteiger partial charge is 0.335 e. The Labute approximate surface area is 192 Å². The minimum absolute atomic E-state index is 0.213. The van der Waals surface area contributed by atoms with E-state index in [2.05, 4.69) is 28.8 Å². The number of carbonyl (C=O) groups is 2. The first-order chi connectivity index (χ1) is 15.7. The second-order valence-electron chi connectivity index (χ2n) is 8.42. The molecule has 1 unspecified atom stereocenters. The topological polar surface area (TPSA) is 83.4 Å². The first-order valence-corrected chi connectivity index (χ1v) is 10.8. The summed E-state index contributed by atoms with van der Waals surface area (Å²) in [7, 11) is 1.89. The normalized spacial score (nSPS) is 11.9. The van der Waals surface area contributed by atoms with Crippen molar-refractivity contribution in [3.05, 3.63) is 94.7 Å². The number of aryl methyl sites for hydroxylation is 3. The summed E-state index contributed by atoms with van der Waals surface area (Å²) in [5.74, 6) is -1.19. The number of fused-ring (bicyclic) bond motifs is 1. The lowest BCUT2D eigenvalue weighted by atomic mass is 10.1. The Balaban J connectivity index is 1.70. The third kappa shape index (κ3) is 4.46. The van der Waals surface area contributed by atoms with Gasteiger partial charge in [-0.05, 0) is 67.8 Å². The lowest BCUT2D eigenvalue weighted by Gasteiger charge is -2.17. The lowest BCUT2D eigenvalue weighted by molar-refractivity contribution is 0.0696. The first kappa shape index (κ1) is 22.1. The summed E-state index contributed by atoms with van der Waals surface area (Å²) in [5, 5.41) is 16.6. The molecule has 0 spiro atoms. The molecule has 1 heterocycles. The minimum atomic E-state index is -0.976. The number of amides is 1. The third-order valence-corrected chi connectivity index (χ3v) is 5.82. The van der Waals surface area contributed by atoms with Gasteiger partial charge in [-0.1, -0.05) is 36.4 Å². The van der Waals surface area contributed by atoms with E-state index in [1.807, 2.05) is 56.7 Å². The summed E-state index contributed by atoms with van der Waals surface area (Å²) >= 11 is 0. The summed E-state index contributed by atoms with van der Waals surface area (Å²) in [5.41, 5.74) is 6.49. The van der Waals surface area contributed by atoms with Crippen molar-refractivity contribution in [2.75, 3.05) is 5.32 Å². The molecule has 0 saturated heterocycles. The van der Waals surface area contributed by atoms with Gasteiger partial charge in [-0.3, -0.25) is 4.79 Å². The van der Waals surface area contributed by atoms with Crippen molar-refractivity contribution in [2.45, 2.75) is 26.8 Å². The molecule has 6 heteroatoms. The van der Waals surface area contributed by atoms with Crippen LogP contribution < -0.4 is 10.6 Å². The van der Waals surface area contributed by atoms with Gasteiger partial charge in [0.05, 0.1) is 22.8 Å². The van der Waals surface area contributed by atoms with Crippen molar-refractivity contribution >= 4 is 34.2 Å². The number of nitrogens with one attached hydrogen (secondary N) is 2. The number of carbonyl (C=O) groups excluding carboxylic acids is 1. The van der Waals surface area contributed by atoms with Crippen LogP contribution in [-0.4, -0.2) is 21.6 Å². The highest BCUT2D eigenvalue weighted by atomic mass is 16.4.